The number of sulfonamides is 1. The van der Waals surface area contributed by atoms with Crippen LogP contribution >= 0.6 is 0 Å². The summed E-state index contributed by atoms with van der Waals surface area (Å²) in [5, 5.41) is 26.2. The first-order valence-corrected chi connectivity index (χ1v) is 25.9. The molecule has 376 valence electrons. The number of amides is 3. The number of aromatic amines is 1. The van der Waals surface area contributed by atoms with Gasteiger partial charge in [-0.3, -0.25) is 19.8 Å². The maximum absolute atomic E-state index is 14.7. The van der Waals surface area contributed by atoms with Gasteiger partial charge in [-0.1, -0.05) is 38.1 Å². The third-order valence-electron chi connectivity index (χ3n) is 15.7. The Balaban J connectivity index is 0.865. The molecule has 6 heterocycles. The Labute approximate surface area is 411 Å². The van der Waals surface area contributed by atoms with Crippen molar-refractivity contribution in [2.45, 2.75) is 100 Å². The maximum atomic E-state index is 14.7. The van der Waals surface area contributed by atoms with Crippen LogP contribution in [-0.2, 0) is 10.0 Å². The summed E-state index contributed by atoms with van der Waals surface area (Å²) < 4.78 is 57.0. The lowest BCUT2D eigenvalue weighted by Gasteiger charge is -2.59. The number of aliphatic hydroxyl groups is 1. The summed E-state index contributed by atoms with van der Waals surface area (Å²) in [6, 6.07) is 16.4. The molecule has 2 aromatic heterocycles. The van der Waals surface area contributed by atoms with Crippen LogP contribution in [-0.4, -0.2) is 114 Å². The van der Waals surface area contributed by atoms with E-state index in [-0.39, 0.29) is 75.5 Å². The van der Waals surface area contributed by atoms with E-state index in [1.54, 1.807) is 24.0 Å². The van der Waals surface area contributed by atoms with Gasteiger partial charge in [0.1, 0.15) is 29.6 Å². The third kappa shape index (κ3) is 9.56. The first-order valence-electron chi connectivity index (χ1n) is 24.4. The number of hydrogen-bond acceptors (Lipinski definition) is 13. The minimum Gasteiger partial charge on any atom is -0.489 e. The van der Waals surface area contributed by atoms with Gasteiger partial charge in [-0.2, -0.15) is 0 Å². The van der Waals surface area contributed by atoms with Crippen molar-refractivity contribution in [3.8, 4) is 17.2 Å². The van der Waals surface area contributed by atoms with E-state index in [1.165, 1.54) is 35.7 Å². The van der Waals surface area contributed by atoms with Gasteiger partial charge in [0, 0.05) is 81.3 Å². The molecule has 3 atom stereocenters. The van der Waals surface area contributed by atoms with Gasteiger partial charge >= 0.3 is 6.03 Å². The van der Waals surface area contributed by atoms with Crippen molar-refractivity contribution in [1.29, 1.82) is 0 Å². The Morgan fingerprint density at radius 3 is 2.51 bits per heavy atom. The molecular formula is C51H60FN9O9S. The van der Waals surface area contributed by atoms with E-state index in [4.69, 9.17) is 15.2 Å². The molecule has 3 amide bonds. The second kappa shape index (κ2) is 18.6. The summed E-state index contributed by atoms with van der Waals surface area (Å²) in [6.07, 6.45) is 7.69. The molecule has 0 bridgehead atoms. The molecule has 1 aliphatic carbocycles. The van der Waals surface area contributed by atoms with E-state index in [1.807, 2.05) is 0 Å². The van der Waals surface area contributed by atoms with Crippen LogP contribution in [0, 0.1) is 27.3 Å². The number of piperidine rings is 2. The highest BCUT2D eigenvalue weighted by Gasteiger charge is 2.50. The summed E-state index contributed by atoms with van der Waals surface area (Å²) >= 11 is 0. The quantitative estimate of drug-likeness (QED) is 0.0634. The zero-order valence-corrected chi connectivity index (χ0v) is 40.8. The molecule has 71 heavy (non-hydrogen) atoms. The van der Waals surface area contributed by atoms with E-state index in [2.05, 4.69) is 67.9 Å². The molecule has 4 aliphatic heterocycles. The van der Waals surface area contributed by atoms with Crippen molar-refractivity contribution in [3.63, 3.8) is 0 Å². The number of nitro groups is 1. The molecule has 5 aromatic rings. The molecular weight excluding hydrogens is 934 g/mol. The average Bonchev–Trinajstić information content (AvgIpc) is 3.71. The zero-order chi connectivity index (χ0) is 50.0. The fourth-order valence-electron chi connectivity index (χ4n) is 11.7. The summed E-state index contributed by atoms with van der Waals surface area (Å²) in [7, 11) is -4.74. The molecule has 0 unspecified atom stereocenters. The van der Waals surface area contributed by atoms with Crippen LogP contribution in [0.4, 0.5) is 26.2 Å². The van der Waals surface area contributed by atoms with Crippen LogP contribution in [0.2, 0.25) is 0 Å². The highest BCUT2D eigenvalue weighted by atomic mass is 32.2. The van der Waals surface area contributed by atoms with Crippen molar-refractivity contribution < 1.29 is 41.9 Å². The number of nitrogens with one attached hydrogen (secondary N) is 3. The van der Waals surface area contributed by atoms with Gasteiger partial charge in [-0.25, -0.2) is 27.3 Å². The smallest absolute Gasteiger partial charge is 0.314 e. The number of carbonyl (C=O) groups is 2. The van der Waals surface area contributed by atoms with Crippen molar-refractivity contribution in [2.75, 3.05) is 56.1 Å². The van der Waals surface area contributed by atoms with Crippen LogP contribution < -0.4 is 30.1 Å². The van der Waals surface area contributed by atoms with Gasteiger partial charge in [-0.05, 0) is 98.4 Å². The number of nitro benzene ring substituents is 1. The first-order chi connectivity index (χ1) is 33.9. The van der Waals surface area contributed by atoms with Gasteiger partial charge in [0.05, 0.1) is 38.6 Å². The molecule has 0 radical (unpaired) electrons. The number of likely N-dealkylation sites (tertiary alicyclic amines) is 2. The Hall–Kier alpha value is -6.51. The molecule has 1 spiro atoms. The average molecular weight is 994 g/mol. The van der Waals surface area contributed by atoms with E-state index in [9.17, 15) is 37.6 Å². The number of nitrogens with two attached hydrogens (primary N) is 1. The predicted molar refractivity (Wildman–Crippen MR) is 264 cm³/mol. The van der Waals surface area contributed by atoms with Gasteiger partial charge in [-0.15, -0.1) is 0 Å². The molecule has 1 saturated carbocycles. The van der Waals surface area contributed by atoms with Gasteiger partial charge in [0.15, 0.2) is 11.4 Å². The van der Waals surface area contributed by atoms with Crippen molar-refractivity contribution >= 4 is 50.1 Å². The molecule has 10 rings (SSSR count). The molecule has 6 N–H and O–H groups in total. The van der Waals surface area contributed by atoms with Crippen LogP contribution in [0.5, 0.6) is 17.2 Å². The number of urea groups is 1. The largest absolute Gasteiger partial charge is 0.489 e. The van der Waals surface area contributed by atoms with Gasteiger partial charge < -0.3 is 40.4 Å². The normalized spacial score (nSPS) is 24.4. The molecule has 3 saturated heterocycles. The maximum Gasteiger partial charge on any atom is 0.314 e. The minimum absolute atomic E-state index is 0.0170. The standard InChI is InChI=1S/C51H60FN9O9S/c1-30(2)35-6-4-5-7-36(35)39-26-59(49(53)63)17-12-42(39)60-28-51(29-60)15-18-58(19-16-51)32-8-9-37(44(20-32)70-33-21-38-40(52)25-55-47(38)54-24-33)48(62)57-71(67,68)34-22-43(61(65)66)46-45(23-34)69-27-41(56-46)31-10-13-50(3,64)14-11-31/h4-9,20-25,30-31,39,41-42,56,64H,10-19,26-29H2,1-3H3,(H2,53,63)(H,54,55)(H,57,62)/t31?,39-,41-,42-,50?/m1/s1. The number of fused-ring (bicyclic) bond motifs is 2. The lowest BCUT2D eigenvalue weighted by atomic mass is 9.69. The van der Waals surface area contributed by atoms with Crippen LogP contribution in [0.15, 0.2) is 78.0 Å². The van der Waals surface area contributed by atoms with Crippen LogP contribution in [0.3, 0.4) is 0 Å². The molecule has 4 fully saturated rings. The number of nitrogens with zero attached hydrogens (tertiary/aromatic N) is 5. The molecule has 5 aliphatic rings. The fraction of sp³-hybridized carbons (Fsp3) is 0.471. The minimum atomic E-state index is -4.74. The number of anilines is 2. The number of benzene rings is 3. The fourth-order valence-corrected chi connectivity index (χ4v) is 12.7. The number of H-pyrrole nitrogens is 1. The second-order valence-electron chi connectivity index (χ2n) is 20.8. The number of pyridine rings is 1. The van der Waals surface area contributed by atoms with E-state index < -0.39 is 48.9 Å². The number of aromatic nitrogens is 2. The lowest BCUT2D eigenvalue weighted by Crippen LogP contribution is -2.66. The summed E-state index contributed by atoms with van der Waals surface area (Å²) in [5.74, 6) is -1.05. The van der Waals surface area contributed by atoms with Gasteiger partial charge in [0.25, 0.3) is 21.6 Å². The van der Waals surface area contributed by atoms with Crippen LogP contribution in [0.1, 0.15) is 99.0 Å². The van der Waals surface area contributed by atoms with Crippen molar-refractivity contribution in [1.82, 2.24) is 24.5 Å². The van der Waals surface area contributed by atoms with Crippen molar-refractivity contribution in [2.24, 2.45) is 17.1 Å². The van der Waals surface area contributed by atoms with Gasteiger partial charge in [0.2, 0.25) is 0 Å². The zero-order valence-electron chi connectivity index (χ0n) is 40.0. The Morgan fingerprint density at radius 1 is 1.04 bits per heavy atom. The number of ether oxygens (including phenoxy) is 2. The Bertz CT molecular complexity index is 2990. The molecule has 20 heteroatoms. The number of hydrogen-bond donors (Lipinski definition) is 5. The summed E-state index contributed by atoms with van der Waals surface area (Å²) in [4.78, 5) is 51.2. The molecule has 3 aromatic carbocycles. The first kappa shape index (κ1) is 48.1. The summed E-state index contributed by atoms with van der Waals surface area (Å²) in [6.45, 7) is 10.7. The second-order valence-corrected chi connectivity index (χ2v) is 22.5. The predicted octanol–water partition coefficient (Wildman–Crippen LogP) is 7.60. The SMILES string of the molecule is CC(C)c1ccccc1[C@H]1CN(C(N)=O)CC[C@H]1N1CC2(CCN(c3ccc(C(=O)NS(=O)(=O)c4cc5c(c([N+](=O)[O-])c4)N[C@@H](C4CCC(C)(O)CC4)CO5)c(Oc4cnc5[nH]cc(F)c5c4)c3)CC2)C1. The Kier molecular flexibility index (Phi) is 12.6. The number of primary amides is 1. The summed E-state index contributed by atoms with van der Waals surface area (Å²) in [5.41, 5.74) is 8.06. The monoisotopic (exact) mass is 993 g/mol. The van der Waals surface area contributed by atoms with Crippen molar-refractivity contribution in [3.05, 3.63) is 106 Å². The highest BCUT2D eigenvalue weighted by molar-refractivity contribution is 7.90. The number of carbonyl (C=O) groups excluding carboxylic acids is 2. The van der Waals surface area contributed by atoms with E-state index in [0.29, 0.717) is 57.8 Å². The van der Waals surface area contributed by atoms with E-state index >= 15 is 0 Å². The molecule has 18 nitrogen and oxygen atoms in total. The topological polar surface area (TPSA) is 239 Å². The number of rotatable bonds is 11. The van der Waals surface area contributed by atoms with Crippen LogP contribution in [0.25, 0.3) is 11.0 Å². The highest BCUT2D eigenvalue weighted by Crippen LogP contribution is 2.48. The third-order valence-corrected chi connectivity index (χ3v) is 17.1. The lowest BCUT2D eigenvalue weighted by molar-refractivity contribution is -0.384. The Morgan fingerprint density at radius 2 is 1.79 bits per heavy atom. The van der Waals surface area contributed by atoms with E-state index in [0.717, 1.165) is 50.2 Å². The number of halogens is 1.